The van der Waals surface area contributed by atoms with E-state index in [9.17, 15) is 0 Å². The van der Waals surface area contributed by atoms with Crippen molar-refractivity contribution in [3.63, 3.8) is 0 Å². The van der Waals surface area contributed by atoms with Gasteiger partial charge in [-0.25, -0.2) is 0 Å². The highest BCUT2D eigenvalue weighted by atomic mass is 79.9. The number of halogens is 2. The van der Waals surface area contributed by atoms with Crippen molar-refractivity contribution in [2.75, 3.05) is 6.61 Å². The van der Waals surface area contributed by atoms with E-state index in [0.717, 1.165) is 16.2 Å². The molecule has 1 aromatic heterocycles. The van der Waals surface area contributed by atoms with Crippen molar-refractivity contribution in [2.45, 2.75) is 32.4 Å². The van der Waals surface area contributed by atoms with E-state index in [1.54, 1.807) is 0 Å². The van der Waals surface area contributed by atoms with Crippen LogP contribution in [0.3, 0.4) is 0 Å². The van der Waals surface area contributed by atoms with E-state index in [0.29, 0.717) is 6.73 Å². The highest BCUT2D eigenvalue weighted by Crippen LogP contribution is 2.19. The van der Waals surface area contributed by atoms with E-state index in [4.69, 9.17) is 16.3 Å². The Morgan fingerprint density at radius 1 is 1.47 bits per heavy atom. The first-order valence-corrected chi connectivity index (χ1v) is 9.85. The fraction of sp³-hybridized carbons (Fsp3) is 0.600. The Hall–Kier alpha value is 0.227. The molecule has 0 saturated heterocycles. The normalized spacial score (nSPS) is 12.1. The molecule has 0 aromatic carbocycles. The number of ether oxygens (including phenoxy) is 1. The summed E-state index contributed by atoms with van der Waals surface area (Å²) in [6, 6.07) is 3.06. The predicted molar refractivity (Wildman–Crippen MR) is 71.2 cm³/mol. The second-order valence-electron chi connectivity index (χ2n) is 4.80. The van der Waals surface area contributed by atoms with E-state index < -0.39 is 8.07 Å². The molecule has 15 heavy (non-hydrogen) atoms. The average molecular weight is 311 g/mol. The lowest BCUT2D eigenvalue weighted by Crippen LogP contribution is -2.21. The maximum atomic E-state index is 5.85. The Kier molecular flexibility index (Phi) is 4.90. The van der Waals surface area contributed by atoms with Crippen molar-refractivity contribution in [1.29, 1.82) is 0 Å². The van der Waals surface area contributed by atoms with Gasteiger partial charge in [-0.1, -0.05) is 31.2 Å². The molecule has 0 aliphatic carbocycles. The van der Waals surface area contributed by atoms with Crippen LogP contribution < -0.4 is 0 Å². The maximum absolute atomic E-state index is 5.85. The zero-order chi connectivity index (χ0) is 11.5. The molecule has 0 amide bonds. The molecule has 86 valence electrons. The Morgan fingerprint density at radius 3 is 2.60 bits per heavy atom. The van der Waals surface area contributed by atoms with Crippen molar-refractivity contribution < 1.29 is 4.74 Å². The maximum Gasteiger partial charge on any atom is 0.123 e. The van der Waals surface area contributed by atoms with Gasteiger partial charge in [0.25, 0.3) is 0 Å². The quantitative estimate of drug-likeness (QED) is 0.587. The van der Waals surface area contributed by atoms with Crippen LogP contribution in [0.25, 0.3) is 0 Å². The van der Waals surface area contributed by atoms with Crippen LogP contribution in [0.4, 0.5) is 0 Å². The van der Waals surface area contributed by atoms with Gasteiger partial charge in [-0.15, -0.1) is 0 Å². The summed E-state index contributed by atoms with van der Waals surface area (Å²) >= 11 is 9.27. The van der Waals surface area contributed by atoms with Crippen LogP contribution in [0, 0.1) is 0 Å². The molecule has 0 spiro atoms. The molecule has 0 radical (unpaired) electrons. The summed E-state index contributed by atoms with van der Waals surface area (Å²) in [6.45, 7) is 8.44. The summed E-state index contributed by atoms with van der Waals surface area (Å²) in [5.74, 6) is 0. The zero-order valence-electron chi connectivity index (χ0n) is 9.39. The van der Waals surface area contributed by atoms with E-state index in [1.807, 2.05) is 16.8 Å². The minimum atomic E-state index is -0.976. The lowest BCUT2D eigenvalue weighted by atomic mass is 10.7. The molecule has 0 N–H and O–H groups in total. The molecule has 2 nitrogen and oxygen atoms in total. The van der Waals surface area contributed by atoms with Gasteiger partial charge in [0.1, 0.15) is 6.73 Å². The molecule has 0 fully saturated rings. The van der Waals surface area contributed by atoms with Crippen molar-refractivity contribution >= 4 is 35.6 Å². The van der Waals surface area contributed by atoms with E-state index in [1.165, 1.54) is 6.04 Å². The fourth-order valence-electron chi connectivity index (χ4n) is 1.08. The molecule has 5 heteroatoms. The van der Waals surface area contributed by atoms with Crippen LogP contribution in [0.1, 0.15) is 0 Å². The Bertz CT molecular complexity index is 322. The van der Waals surface area contributed by atoms with Gasteiger partial charge in [0.2, 0.25) is 0 Å². The van der Waals surface area contributed by atoms with E-state index >= 15 is 0 Å². The lowest BCUT2D eigenvalue weighted by Gasteiger charge is -2.15. The van der Waals surface area contributed by atoms with Crippen LogP contribution in [0.2, 0.25) is 30.7 Å². The van der Waals surface area contributed by atoms with Crippen LogP contribution in [0.5, 0.6) is 0 Å². The van der Waals surface area contributed by atoms with Gasteiger partial charge in [-0.05, 0) is 28.0 Å². The minimum Gasteiger partial charge on any atom is -0.361 e. The van der Waals surface area contributed by atoms with Gasteiger partial charge < -0.3 is 9.30 Å². The first-order chi connectivity index (χ1) is 6.88. The van der Waals surface area contributed by atoms with Gasteiger partial charge >= 0.3 is 0 Å². The second-order valence-corrected chi connectivity index (χ2v) is 11.7. The number of rotatable bonds is 5. The standard InChI is InChI=1S/C10H17BrClNOSi/c1-15(2,3)5-4-14-8-13-7-9(12)6-10(13)11/h6-7H,4-5,8H2,1-3H3. The number of nitrogens with zero attached hydrogens (tertiary/aromatic N) is 1. The third kappa shape index (κ3) is 5.20. The summed E-state index contributed by atoms with van der Waals surface area (Å²) in [5.41, 5.74) is 0. The summed E-state index contributed by atoms with van der Waals surface area (Å²) in [5, 5.41) is 0.732. The highest BCUT2D eigenvalue weighted by molar-refractivity contribution is 9.10. The molecular formula is C10H17BrClNOSi. The molecular weight excluding hydrogens is 294 g/mol. The zero-order valence-corrected chi connectivity index (χ0v) is 12.7. The highest BCUT2D eigenvalue weighted by Gasteiger charge is 2.12. The lowest BCUT2D eigenvalue weighted by molar-refractivity contribution is 0.0861. The second kappa shape index (κ2) is 5.52. The molecule has 1 rings (SSSR count). The van der Waals surface area contributed by atoms with Gasteiger partial charge in [0.05, 0.1) is 9.63 Å². The molecule has 0 aliphatic heterocycles. The first kappa shape index (κ1) is 13.3. The molecule has 0 aliphatic rings. The van der Waals surface area contributed by atoms with Crippen LogP contribution >= 0.6 is 27.5 Å². The summed E-state index contributed by atoms with van der Waals surface area (Å²) < 4.78 is 8.51. The molecule has 0 bridgehead atoms. The van der Waals surface area contributed by atoms with Crippen LogP contribution in [-0.2, 0) is 11.5 Å². The van der Waals surface area contributed by atoms with Crippen LogP contribution in [0.15, 0.2) is 16.9 Å². The Morgan fingerprint density at radius 2 is 2.13 bits per heavy atom. The van der Waals surface area contributed by atoms with Crippen molar-refractivity contribution in [3.05, 3.63) is 21.9 Å². The minimum absolute atomic E-state index is 0.567. The van der Waals surface area contributed by atoms with Crippen molar-refractivity contribution in [3.8, 4) is 0 Å². The third-order valence-corrected chi connectivity index (χ3v) is 4.63. The molecule has 1 aromatic rings. The topological polar surface area (TPSA) is 14.2 Å². The molecule has 0 atom stereocenters. The summed E-state index contributed by atoms with van der Waals surface area (Å²) in [4.78, 5) is 0. The summed E-state index contributed by atoms with van der Waals surface area (Å²) in [7, 11) is -0.976. The Labute approximate surface area is 106 Å². The molecule has 1 heterocycles. The third-order valence-electron chi connectivity index (χ3n) is 2.04. The average Bonchev–Trinajstić information content (AvgIpc) is 2.37. The summed E-state index contributed by atoms with van der Waals surface area (Å²) in [6.07, 6.45) is 1.86. The number of hydrogen-bond acceptors (Lipinski definition) is 1. The van der Waals surface area contributed by atoms with E-state index in [2.05, 4.69) is 35.6 Å². The largest absolute Gasteiger partial charge is 0.361 e. The van der Waals surface area contributed by atoms with Gasteiger partial charge in [-0.3, -0.25) is 0 Å². The molecule has 0 saturated carbocycles. The van der Waals surface area contributed by atoms with Crippen molar-refractivity contribution in [1.82, 2.24) is 4.57 Å². The number of hydrogen-bond donors (Lipinski definition) is 0. The van der Waals surface area contributed by atoms with Crippen molar-refractivity contribution in [2.24, 2.45) is 0 Å². The van der Waals surface area contributed by atoms with Gasteiger partial charge in [0, 0.05) is 20.9 Å². The monoisotopic (exact) mass is 309 g/mol. The number of aromatic nitrogens is 1. The first-order valence-electron chi connectivity index (χ1n) is 4.97. The van der Waals surface area contributed by atoms with Crippen LogP contribution in [-0.4, -0.2) is 19.2 Å². The van der Waals surface area contributed by atoms with Gasteiger partial charge in [-0.2, -0.15) is 0 Å². The molecule has 0 unspecified atom stereocenters. The Balaban J connectivity index is 2.29. The van der Waals surface area contributed by atoms with E-state index in [-0.39, 0.29) is 0 Å². The SMILES string of the molecule is C[Si](C)(C)CCOCn1cc(Cl)cc1Br. The predicted octanol–water partition coefficient (Wildman–Crippen LogP) is 4.22. The smallest absolute Gasteiger partial charge is 0.123 e. The fourth-order valence-corrected chi connectivity index (χ4v) is 2.65. The van der Waals surface area contributed by atoms with Gasteiger partial charge in [0.15, 0.2) is 0 Å².